The van der Waals surface area contributed by atoms with Gasteiger partial charge in [-0.1, -0.05) is 18.5 Å². The topological polar surface area (TPSA) is 28.5 Å². The second-order valence-corrected chi connectivity index (χ2v) is 4.60. The van der Waals surface area contributed by atoms with Crippen LogP contribution in [0.4, 0.5) is 5.82 Å². The second kappa shape index (κ2) is 4.49. The third-order valence-corrected chi connectivity index (χ3v) is 3.03. The van der Waals surface area contributed by atoms with Gasteiger partial charge in [0.25, 0.3) is 0 Å². The van der Waals surface area contributed by atoms with Crippen LogP contribution in [0.5, 0.6) is 0 Å². The highest BCUT2D eigenvalue weighted by Crippen LogP contribution is 2.30. The van der Waals surface area contributed by atoms with Crippen molar-refractivity contribution in [2.45, 2.75) is 18.9 Å². The Kier molecular flexibility index (Phi) is 3.26. The van der Waals surface area contributed by atoms with Crippen molar-refractivity contribution in [1.82, 2.24) is 4.98 Å². The molecule has 1 aromatic rings. The molecule has 1 unspecified atom stereocenters. The number of hydrazone groups is 1. The van der Waals surface area contributed by atoms with E-state index in [2.05, 4.69) is 32.9 Å². The Balaban J connectivity index is 2.34. The van der Waals surface area contributed by atoms with Crippen molar-refractivity contribution in [2.24, 2.45) is 5.10 Å². The monoisotopic (exact) mass is 286 g/mol. The molecule has 2 rings (SSSR count). The summed E-state index contributed by atoms with van der Waals surface area (Å²) in [6.45, 7) is 3.90. The Morgan fingerprint density at radius 3 is 3.13 bits per heavy atom. The summed E-state index contributed by atoms with van der Waals surface area (Å²) < 4.78 is 0.915. The van der Waals surface area contributed by atoms with E-state index in [0.717, 1.165) is 17.5 Å². The fraction of sp³-hybridized carbons (Fsp3) is 0.300. The molecule has 1 aliphatic heterocycles. The zero-order valence-corrected chi connectivity index (χ0v) is 10.4. The van der Waals surface area contributed by atoms with Crippen molar-refractivity contribution in [3.8, 4) is 0 Å². The van der Waals surface area contributed by atoms with Crippen LogP contribution in [0.1, 0.15) is 12.8 Å². The van der Waals surface area contributed by atoms with Crippen molar-refractivity contribution in [1.29, 1.82) is 0 Å². The summed E-state index contributed by atoms with van der Waals surface area (Å²) in [5.41, 5.74) is 0. The summed E-state index contributed by atoms with van der Waals surface area (Å²) in [6.07, 6.45) is 3.34. The van der Waals surface area contributed by atoms with Crippen molar-refractivity contribution in [2.75, 3.05) is 5.01 Å². The molecule has 0 bridgehead atoms. The molecule has 0 amide bonds. The number of nitrogens with zero attached hydrogens (tertiary/aromatic N) is 3. The normalized spacial score (nSPS) is 20.6. The van der Waals surface area contributed by atoms with Crippen LogP contribution < -0.4 is 5.01 Å². The fourth-order valence-electron chi connectivity index (χ4n) is 1.51. The van der Waals surface area contributed by atoms with Crippen LogP contribution in [0.25, 0.3) is 0 Å². The number of pyridine rings is 1. The maximum atomic E-state index is 6.07. The highest BCUT2D eigenvalue weighted by molar-refractivity contribution is 9.18. The smallest absolute Gasteiger partial charge is 0.168 e. The molecular weight excluding hydrogens is 277 g/mol. The Morgan fingerprint density at radius 2 is 2.47 bits per heavy atom. The number of halogens is 2. The standard InChI is InChI=1S/C10H10BrClN3/c1-2-7-6-9(11)14-15(7)10-8(12)4-3-5-13-10/h3-5,7H,1-2,6H2. The van der Waals surface area contributed by atoms with Gasteiger partial charge in [0.15, 0.2) is 5.82 Å². The summed E-state index contributed by atoms with van der Waals surface area (Å²) in [7, 11) is 0. The van der Waals surface area contributed by atoms with Gasteiger partial charge in [0.2, 0.25) is 0 Å². The van der Waals surface area contributed by atoms with Crippen LogP contribution in [0, 0.1) is 6.92 Å². The SMILES string of the molecule is [CH2]CC1CC(Br)=NN1c1ncccc1Cl. The average molecular weight is 288 g/mol. The van der Waals surface area contributed by atoms with Crippen LogP contribution in [-0.2, 0) is 0 Å². The molecule has 3 nitrogen and oxygen atoms in total. The van der Waals surface area contributed by atoms with Gasteiger partial charge in [0.05, 0.1) is 11.1 Å². The molecule has 1 aromatic heterocycles. The molecule has 1 aliphatic rings. The van der Waals surface area contributed by atoms with E-state index < -0.39 is 0 Å². The van der Waals surface area contributed by atoms with Crippen molar-refractivity contribution >= 4 is 38.0 Å². The third kappa shape index (κ3) is 2.16. The first-order valence-electron chi connectivity index (χ1n) is 4.64. The van der Waals surface area contributed by atoms with Gasteiger partial charge in [-0.3, -0.25) is 0 Å². The summed E-state index contributed by atoms with van der Waals surface area (Å²) in [4.78, 5) is 4.23. The fourth-order valence-corrected chi connectivity index (χ4v) is 2.26. The summed E-state index contributed by atoms with van der Waals surface area (Å²) in [5.74, 6) is 0.697. The zero-order valence-electron chi connectivity index (χ0n) is 8.03. The average Bonchev–Trinajstić information content (AvgIpc) is 2.60. The Labute approximate surface area is 102 Å². The van der Waals surface area contributed by atoms with E-state index in [-0.39, 0.29) is 6.04 Å². The van der Waals surface area contributed by atoms with E-state index in [4.69, 9.17) is 11.6 Å². The lowest BCUT2D eigenvalue weighted by molar-refractivity contribution is 0.661. The van der Waals surface area contributed by atoms with E-state index in [9.17, 15) is 0 Å². The quantitative estimate of drug-likeness (QED) is 0.835. The van der Waals surface area contributed by atoms with Crippen molar-refractivity contribution < 1.29 is 0 Å². The number of anilines is 1. The second-order valence-electron chi connectivity index (χ2n) is 3.28. The van der Waals surface area contributed by atoms with Gasteiger partial charge in [0.1, 0.15) is 4.62 Å². The molecule has 5 heteroatoms. The van der Waals surface area contributed by atoms with Gasteiger partial charge in [0, 0.05) is 12.6 Å². The molecule has 1 atom stereocenters. The number of hydrogen-bond donors (Lipinski definition) is 0. The minimum atomic E-state index is 0.242. The molecule has 0 aromatic carbocycles. The first-order valence-corrected chi connectivity index (χ1v) is 5.81. The van der Waals surface area contributed by atoms with Gasteiger partial charge in [-0.2, -0.15) is 5.10 Å². The molecule has 0 saturated heterocycles. The van der Waals surface area contributed by atoms with E-state index in [1.807, 2.05) is 11.1 Å². The summed E-state index contributed by atoms with van der Waals surface area (Å²) in [6, 6.07) is 3.86. The van der Waals surface area contributed by atoms with E-state index >= 15 is 0 Å². The van der Waals surface area contributed by atoms with Gasteiger partial charge in [-0.15, -0.1) is 0 Å². The predicted octanol–water partition coefficient (Wildman–Crippen LogP) is 3.25. The van der Waals surface area contributed by atoms with Gasteiger partial charge in [-0.25, -0.2) is 9.99 Å². The largest absolute Gasteiger partial charge is 0.242 e. The maximum absolute atomic E-state index is 6.07. The van der Waals surface area contributed by atoms with Crippen LogP contribution in [0.15, 0.2) is 23.4 Å². The minimum Gasteiger partial charge on any atom is -0.242 e. The molecule has 0 aliphatic carbocycles. The molecule has 79 valence electrons. The first kappa shape index (κ1) is 10.9. The minimum absolute atomic E-state index is 0.242. The van der Waals surface area contributed by atoms with Crippen LogP contribution in [0.2, 0.25) is 5.02 Å². The predicted molar refractivity (Wildman–Crippen MR) is 66.5 cm³/mol. The van der Waals surface area contributed by atoms with Crippen LogP contribution in [-0.4, -0.2) is 15.6 Å². The summed E-state index contributed by atoms with van der Waals surface area (Å²) >= 11 is 9.46. The highest BCUT2D eigenvalue weighted by Gasteiger charge is 2.27. The molecular formula is C10H10BrClN3. The number of hydrogen-bond acceptors (Lipinski definition) is 3. The number of aromatic nitrogens is 1. The van der Waals surface area contributed by atoms with E-state index in [0.29, 0.717) is 10.8 Å². The highest BCUT2D eigenvalue weighted by atomic mass is 79.9. The first-order chi connectivity index (χ1) is 7.22. The molecule has 0 saturated carbocycles. The van der Waals surface area contributed by atoms with Gasteiger partial charge >= 0.3 is 0 Å². The molecule has 2 heterocycles. The lowest BCUT2D eigenvalue weighted by Gasteiger charge is -2.21. The van der Waals surface area contributed by atoms with Crippen molar-refractivity contribution in [3.63, 3.8) is 0 Å². The lowest BCUT2D eigenvalue weighted by atomic mass is 10.2. The van der Waals surface area contributed by atoms with E-state index in [1.165, 1.54) is 0 Å². The third-order valence-electron chi connectivity index (χ3n) is 2.26. The zero-order chi connectivity index (χ0) is 10.8. The molecule has 15 heavy (non-hydrogen) atoms. The number of rotatable bonds is 2. The van der Waals surface area contributed by atoms with Gasteiger partial charge < -0.3 is 0 Å². The molecule has 0 spiro atoms. The van der Waals surface area contributed by atoms with Gasteiger partial charge in [-0.05, 0) is 34.5 Å². The van der Waals surface area contributed by atoms with Crippen molar-refractivity contribution in [3.05, 3.63) is 30.3 Å². The lowest BCUT2D eigenvalue weighted by Crippen LogP contribution is -2.26. The summed E-state index contributed by atoms with van der Waals surface area (Å²) in [5, 5.41) is 6.80. The van der Waals surface area contributed by atoms with E-state index in [1.54, 1.807) is 12.3 Å². The Hall–Kier alpha value is -0.610. The molecule has 0 fully saturated rings. The maximum Gasteiger partial charge on any atom is 0.168 e. The molecule has 0 N–H and O–H groups in total. The Bertz CT molecular complexity index is 394. The Morgan fingerprint density at radius 1 is 1.67 bits per heavy atom. The molecule has 1 radical (unpaired) electrons. The van der Waals surface area contributed by atoms with Crippen LogP contribution >= 0.6 is 27.5 Å². The van der Waals surface area contributed by atoms with Crippen LogP contribution in [0.3, 0.4) is 0 Å².